The quantitative estimate of drug-likeness (QED) is 0.279. The number of carboxylic acids is 2. The molecule has 0 aromatic heterocycles. The number of aliphatic hydroxyl groups is 1. The van der Waals surface area contributed by atoms with E-state index in [1.807, 2.05) is 5.32 Å². The summed E-state index contributed by atoms with van der Waals surface area (Å²) in [5, 5.41) is 30.6. The van der Waals surface area contributed by atoms with Crippen LogP contribution < -0.4 is 16.4 Å². The number of amides is 2. The van der Waals surface area contributed by atoms with E-state index in [1.165, 1.54) is 13.8 Å². The Morgan fingerprint density at radius 2 is 1.57 bits per heavy atom. The molecule has 0 spiro atoms. The molecule has 4 atom stereocenters. The molecule has 0 aromatic rings. The minimum absolute atomic E-state index is 0.794. The molecule has 0 rings (SSSR count). The van der Waals surface area contributed by atoms with Crippen LogP contribution in [0.2, 0.25) is 0 Å². The molecule has 0 aliphatic heterocycles. The Morgan fingerprint density at radius 3 is 1.95 bits per heavy atom. The molecule has 0 aromatic carbocycles. The van der Waals surface area contributed by atoms with Crippen LogP contribution in [0.25, 0.3) is 0 Å². The van der Waals surface area contributed by atoms with Gasteiger partial charge in [-0.25, -0.2) is 4.79 Å². The summed E-state index contributed by atoms with van der Waals surface area (Å²) in [5.41, 5.74) is 5.36. The van der Waals surface area contributed by atoms with Gasteiger partial charge in [-0.15, -0.1) is 0 Å². The molecule has 0 saturated carbocycles. The first-order chi connectivity index (χ1) is 9.56. The summed E-state index contributed by atoms with van der Waals surface area (Å²) < 4.78 is 0. The molecule has 7 N–H and O–H groups in total. The number of carbonyl (C=O) groups excluding carboxylic acids is 2. The number of hydrogen-bond acceptors (Lipinski definition) is 6. The summed E-state index contributed by atoms with van der Waals surface area (Å²) in [6.45, 7) is 2.56. The number of aliphatic hydroxyl groups excluding tert-OH is 1. The van der Waals surface area contributed by atoms with Gasteiger partial charge in [0.2, 0.25) is 11.8 Å². The number of nitrogens with two attached hydrogens (primary N) is 1. The van der Waals surface area contributed by atoms with Crippen LogP contribution in [0.3, 0.4) is 0 Å². The molecular formula is C11H19N3O7. The number of nitrogens with one attached hydrogen (secondary N) is 2. The Labute approximate surface area is 120 Å². The summed E-state index contributed by atoms with van der Waals surface area (Å²) >= 11 is 0. The van der Waals surface area contributed by atoms with Gasteiger partial charge in [-0.2, -0.15) is 0 Å². The fourth-order valence-electron chi connectivity index (χ4n) is 1.27. The maximum atomic E-state index is 11.7. The smallest absolute Gasteiger partial charge is 0.326 e. The number of hydrogen-bond donors (Lipinski definition) is 6. The van der Waals surface area contributed by atoms with E-state index in [1.54, 1.807) is 0 Å². The van der Waals surface area contributed by atoms with E-state index in [0.29, 0.717) is 0 Å². The van der Waals surface area contributed by atoms with E-state index in [4.69, 9.17) is 21.1 Å². The monoisotopic (exact) mass is 305 g/mol. The van der Waals surface area contributed by atoms with Crippen LogP contribution in [0.4, 0.5) is 0 Å². The van der Waals surface area contributed by atoms with E-state index in [2.05, 4.69) is 5.32 Å². The van der Waals surface area contributed by atoms with Crippen molar-refractivity contribution in [2.45, 2.75) is 44.5 Å². The lowest BCUT2D eigenvalue weighted by Crippen LogP contribution is -2.55. The Morgan fingerprint density at radius 1 is 1.05 bits per heavy atom. The molecule has 0 aliphatic carbocycles. The van der Waals surface area contributed by atoms with Crippen molar-refractivity contribution in [1.29, 1.82) is 0 Å². The lowest BCUT2D eigenvalue weighted by Gasteiger charge is -2.20. The van der Waals surface area contributed by atoms with Crippen molar-refractivity contribution < 1.29 is 34.5 Å². The summed E-state index contributed by atoms with van der Waals surface area (Å²) in [6, 6.07) is -3.99. The minimum atomic E-state index is -1.61. The number of carboxylic acid groups (broad SMARTS) is 2. The summed E-state index contributed by atoms with van der Waals surface area (Å²) in [7, 11) is 0. The second kappa shape index (κ2) is 8.17. The first-order valence-corrected chi connectivity index (χ1v) is 6.05. The van der Waals surface area contributed by atoms with E-state index in [0.717, 1.165) is 0 Å². The fraction of sp³-hybridized carbons (Fsp3) is 0.636. The molecule has 10 heteroatoms. The predicted octanol–water partition coefficient (Wildman–Crippen LogP) is -2.76. The van der Waals surface area contributed by atoms with Gasteiger partial charge in [0, 0.05) is 0 Å². The van der Waals surface area contributed by atoms with Gasteiger partial charge in [0.25, 0.3) is 0 Å². The maximum absolute atomic E-state index is 11.7. The number of carbonyl (C=O) groups is 4. The molecule has 0 heterocycles. The highest BCUT2D eigenvalue weighted by Crippen LogP contribution is 1.96. The molecule has 0 aliphatic rings. The lowest BCUT2D eigenvalue weighted by atomic mass is 10.1. The van der Waals surface area contributed by atoms with Crippen molar-refractivity contribution >= 4 is 23.8 Å². The van der Waals surface area contributed by atoms with Crippen molar-refractivity contribution in [3.8, 4) is 0 Å². The second-order valence-corrected chi connectivity index (χ2v) is 4.49. The highest BCUT2D eigenvalue weighted by atomic mass is 16.4. The Balaban J connectivity index is 4.59. The van der Waals surface area contributed by atoms with Gasteiger partial charge >= 0.3 is 11.9 Å². The van der Waals surface area contributed by atoms with Crippen LogP contribution in [0.1, 0.15) is 20.3 Å². The first-order valence-electron chi connectivity index (χ1n) is 6.05. The van der Waals surface area contributed by atoms with E-state index in [-0.39, 0.29) is 0 Å². The van der Waals surface area contributed by atoms with Crippen molar-refractivity contribution in [2.24, 2.45) is 5.73 Å². The molecule has 0 radical (unpaired) electrons. The normalized spacial score (nSPS) is 16.2. The van der Waals surface area contributed by atoms with Gasteiger partial charge in [0.1, 0.15) is 18.1 Å². The number of rotatable bonds is 8. The van der Waals surface area contributed by atoms with Crippen LogP contribution in [0.5, 0.6) is 0 Å². The summed E-state index contributed by atoms with van der Waals surface area (Å²) in [4.78, 5) is 44.5. The molecule has 21 heavy (non-hydrogen) atoms. The average molecular weight is 305 g/mol. The largest absolute Gasteiger partial charge is 0.481 e. The molecular weight excluding hydrogens is 286 g/mol. The third-order valence-corrected chi connectivity index (χ3v) is 2.57. The second-order valence-electron chi connectivity index (χ2n) is 4.49. The van der Waals surface area contributed by atoms with Crippen LogP contribution >= 0.6 is 0 Å². The molecule has 10 nitrogen and oxygen atoms in total. The zero-order valence-electron chi connectivity index (χ0n) is 11.6. The third kappa shape index (κ3) is 6.68. The highest BCUT2D eigenvalue weighted by molar-refractivity contribution is 5.92. The van der Waals surface area contributed by atoms with E-state index >= 15 is 0 Å². The van der Waals surface area contributed by atoms with E-state index < -0.39 is 54.4 Å². The maximum Gasteiger partial charge on any atom is 0.326 e. The van der Waals surface area contributed by atoms with Crippen molar-refractivity contribution in [1.82, 2.24) is 10.6 Å². The molecule has 0 unspecified atom stereocenters. The van der Waals surface area contributed by atoms with Crippen LogP contribution in [0.15, 0.2) is 0 Å². The Hall–Kier alpha value is -2.20. The number of aliphatic carboxylic acids is 2. The fourth-order valence-corrected chi connectivity index (χ4v) is 1.27. The van der Waals surface area contributed by atoms with Gasteiger partial charge in [0.15, 0.2) is 0 Å². The summed E-state index contributed by atoms with van der Waals surface area (Å²) in [5.74, 6) is -4.58. The zero-order chi connectivity index (χ0) is 16.7. The van der Waals surface area contributed by atoms with Crippen molar-refractivity contribution in [3.05, 3.63) is 0 Å². The minimum Gasteiger partial charge on any atom is -0.481 e. The standard InChI is InChI=1S/C11H19N3O7/c1-4(13-10(19)8(12)5(2)15)9(18)14-6(11(20)21)3-7(16)17/h4-6,8,15H,3,12H2,1-2H3,(H,13,19)(H,14,18)(H,16,17)(H,20,21)/t4-,5+,6-,8-/m0/s1. The SMILES string of the molecule is C[C@H](NC(=O)[C@@H](N)[C@@H](C)O)C(=O)N[C@@H](CC(=O)O)C(=O)O. The van der Waals surface area contributed by atoms with Gasteiger partial charge < -0.3 is 31.7 Å². The molecule has 2 amide bonds. The van der Waals surface area contributed by atoms with Crippen LogP contribution in [-0.2, 0) is 19.2 Å². The Bertz CT molecular complexity index is 424. The topological polar surface area (TPSA) is 179 Å². The van der Waals surface area contributed by atoms with Gasteiger partial charge in [-0.3, -0.25) is 14.4 Å². The van der Waals surface area contributed by atoms with E-state index in [9.17, 15) is 19.2 Å². The molecule has 0 fully saturated rings. The van der Waals surface area contributed by atoms with Gasteiger partial charge in [-0.05, 0) is 13.8 Å². The predicted molar refractivity (Wildman–Crippen MR) is 69.1 cm³/mol. The lowest BCUT2D eigenvalue weighted by molar-refractivity contribution is -0.147. The molecule has 0 saturated heterocycles. The zero-order valence-corrected chi connectivity index (χ0v) is 11.6. The van der Waals surface area contributed by atoms with Crippen LogP contribution in [-0.4, -0.2) is 63.3 Å². The molecule has 0 bridgehead atoms. The Kier molecular flexibility index (Phi) is 7.31. The average Bonchev–Trinajstić information content (AvgIpc) is 2.35. The highest BCUT2D eigenvalue weighted by Gasteiger charge is 2.27. The van der Waals surface area contributed by atoms with Crippen molar-refractivity contribution in [2.75, 3.05) is 0 Å². The van der Waals surface area contributed by atoms with Crippen LogP contribution in [0, 0.1) is 0 Å². The third-order valence-electron chi connectivity index (χ3n) is 2.57. The first kappa shape index (κ1) is 18.8. The van der Waals surface area contributed by atoms with Gasteiger partial charge in [0.05, 0.1) is 12.5 Å². The molecule has 120 valence electrons. The summed E-state index contributed by atoms with van der Waals surface area (Å²) in [6.07, 6.45) is -1.92. The van der Waals surface area contributed by atoms with Crippen molar-refractivity contribution in [3.63, 3.8) is 0 Å². The van der Waals surface area contributed by atoms with Gasteiger partial charge in [-0.1, -0.05) is 0 Å².